The second-order valence-corrected chi connectivity index (χ2v) is 7.36. The SMILES string of the molecule is N=C(C/C=C\NN)N1C=Cc2nc(-c3ccc(CN)cc3)c(-c3ccccc3)cc2C1. The largest absolute Gasteiger partial charge is 0.332 e. The molecular formula is C25H26N6. The van der Waals surface area contributed by atoms with Crippen LogP contribution in [0.4, 0.5) is 0 Å². The number of nitrogens with two attached hydrogens (primary N) is 2. The third-order valence-electron chi connectivity index (χ3n) is 5.31. The second kappa shape index (κ2) is 9.38. The number of aromatic nitrogens is 1. The van der Waals surface area contributed by atoms with Gasteiger partial charge in [0.2, 0.25) is 0 Å². The minimum absolute atomic E-state index is 0.494. The van der Waals surface area contributed by atoms with Gasteiger partial charge in [0.1, 0.15) is 5.84 Å². The summed E-state index contributed by atoms with van der Waals surface area (Å²) in [5.74, 6) is 5.75. The number of amidine groups is 1. The van der Waals surface area contributed by atoms with Crippen LogP contribution in [-0.2, 0) is 13.1 Å². The summed E-state index contributed by atoms with van der Waals surface area (Å²) in [5, 5.41) is 8.36. The molecule has 6 nitrogen and oxygen atoms in total. The van der Waals surface area contributed by atoms with Crippen LogP contribution in [0.1, 0.15) is 23.2 Å². The molecule has 0 saturated carbocycles. The van der Waals surface area contributed by atoms with Gasteiger partial charge in [0.05, 0.1) is 17.9 Å². The predicted molar refractivity (Wildman–Crippen MR) is 126 cm³/mol. The van der Waals surface area contributed by atoms with E-state index in [9.17, 15) is 0 Å². The zero-order chi connectivity index (χ0) is 21.6. The van der Waals surface area contributed by atoms with Crippen LogP contribution in [0.15, 0.2) is 79.1 Å². The van der Waals surface area contributed by atoms with Crippen LogP contribution in [0.3, 0.4) is 0 Å². The molecule has 6 heteroatoms. The molecule has 1 aliphatic heterocycles. The molecule has 0 atom stereocenters. The third kappa shape index (κ3) is 4.55. The fourth-order valence-electron chi connectivity index (χ4n) is 3.63. The van der Waals surface area contributed by atoms with E-state index < -0.39 is 0 Å². The van der Waals surface area contributed by atoms with Crippen LogP contribution >= 0.6 is 0 Å². The summed E-state index contributed by atoms with van der Waals surface area (Å²) in [6.07, 6.45) is 7.85. The molecule has 0 unspecified atom stereocenters. The van der Waals surface area contributed by atoms with E-state index in [0.717, 1.165) is 39.2 Å². The van der Waals surface area contributed by atoms with Crippen molar-refractivity contribution < 1.29 is 0 Å². The van der Waals surface area contributed by atoms with Crippen LogP contribution in [0.2, 0.25) is 0 Å². The third-order valence-corrected chi connectivity index (χ3v) is 5.31. The van der Waals surface area contributed by atoms with Crippen molar-refractivity contribution in [2.45, 2.75) is 19.5 Å². The Bertz CT molecular complexity index is 1120. The van der Waals surface area contributed by atoms with Crippen LogP contribution < -0.4 is 17.0 Å². The molecule has 4 rings (SSSR count). The molecule has 0 spiro atoms. The van der Waals surface area contributed by atoms with Crippen LogP contribution in [-0.4, -0.2) is 15.7 Å². The van der Waals surface area contributed by atoms with Gasteiger partial charge in [-0.15, -0.1) is 0 Å². The molecule has 0 fully saturated rings. The highest BCUT2D eigenvalue weighted by Gasteiger charge is 2.19. The molecule has 0 amide bonds. The Morgan fingerprint density at radius 1 is 1.10 bits per heavy atom. The van der Waals surface area contributed by atoms with Gasteiger partial charge in [-0.1, -0.05) is 60.7 Å². The first-order valence-corrected chi connectivity index (χ1v) is 10.2. The smallest absolute Gasteiger partial charge is 0.104 e. The Balaban J connectivity index is 1.74. The summed E-state index contributed by atoms with van der Waals surface area (Å²) in [5.41, 5.74) is 15.5. The zero-order valence-electron chi connectivity index (χ0n) is 17.3. The van der Waals surface area contributed by atoms with Crippen LogP contribution in [0.5, 0.6) is 0 Å². The van der Waals surface area contributed by atoms with Gasteiger partial charge in [0.25, 0.3) is 0 Å². The molecular weight excluding hydrogens is 384 g/mol. The highest BCUT2D eigenvalue weighted by Crippen LogP contribution is 2.34. The molecule has 2 heterocycles. The standard InChI is InChI=1S/C25H26N6/c26-16-18-8-10-20(11-9-18)25-22(19-5-2-1-3-6-19)15-21-17-31(14-12-23(21)30-25)24(27)7-4-13-29-28/h1-6,8-15,27,29H,7,16-17,26,28H2/b13-4-,27-24?. The van der Waals surface area contributed by atoms with Crippen molar-refractivity contribution in [2.24, 2.45) is 11.6 Å². The lowest BCUT2D eigenvalue weighted by molar-refractivity contribution is 0.534. The fourth-order valence-corrected chi connectivity index (χ4v) is 3.63. The lowest BCUT2D eigenvalue weighted by Crippen LogP contribution is -2.27. The van der Waals surface area contributed by atoms with Gasteiger partial charge in [-0.25, -0.2) is 4.98 Å². The summed E-state index contributed by atoms with van der Waals surface area (Å²) in [4.78, 5) is 6.95. The maximum atomic E-state index is 8.36. The van der Waals surface area contributed by atoms with E-state index in [4.69, 9.17) is 22.0 Å². The number of pyridine rings is 1. The lowest BCUT2D eigenvalue weighted by atomic mass is 9.95. The van der Waals surface area contributed by atoms with Gasteiger partial charge < -0.3 is 16.1 Å². The zero-order valence-corrected chi connectivity index (χ0v) is 17.3. The number of benzene rings is 2. The topological polar surface area (TPSA) is 104 Å². The Labute approximate surface area is 182 Å². The number of nitrogens with zero attached hydrogens (tertiary/aromatic N) is 2. The maximum Gasteiger partial charge on any atom is 0.104 e. The van der Waals surface area contributed by atoms with Gasteiger partial charge in [-0.05, 0) is 28.8 Å². The molecule has 1 aliphatic rings. The van der Waals surface area contributed by atoms with Crippen molar-refractivity contribution in [1.82, 2.24) is 15.3 Å². The first kappa shape index (κ1) is 20.5. The molecule has 0 aliphatic carbocycles. The van der Waals surface area contributed by atoms with Crippen LogP contribution in [0.25, 0.3) is 28.5 Å². The Kier molecular flexibility index (Phi) is 6.21. The quantitative estimate of drug-likeness (QED) is 0.213. The number of hydrogen-bond acceptors (Lipinski definition) is 5. The van der Waals surface area contributed by atoms with E-state index in [-0.39, 0.29) is 0 Å². The molecule has 1 aromatic heterocycles. The highest BCUT2D eigenvalue weighted by molar-refractivity contribution is 5.85. The molecule has 0 bridgehead atoms. The molecule has 6 N–H and O–H groups in total. The van der Waals surface area contributed by atoms with Crippen molar-refractivity contribution in [2.75, 3.05) is 0 Å². The van der Waals surface area contributed by atoms with E-state index in [2.05, 4.69) is 35.8 Å². The summed E-state index contributed by atoms with van der Waals surface area (Å²) < 4.78 is 0. The molecule has 0 saturated heterocycles. The van der Waals surface area contributed by atoms with Crippen LogP contribution in [0, 0.1) is 5.41 Å². The van der Waals surface area contributed by atoms with Crippen molar-refractivity contribution in [1.29, 1.82) is 5.41 Å². The number of hydrazine groups is 1. The van der Waals surface area contributed by atoms with E-state index in [1.807, 2.05) is 53.6 Å². The van der Waals surface area contributed by atoms with Gasteiger partial charge in [-0.2, -0.15) is 0 Å². The Morgan fingerprint density at radius 3 is 2.58 bits per heavy atom. The van der Waals surface area contributed by atoms with Gasteiger partial charge in [0.15, 0.2) is 0 Å². The normalized spacial score (nSPS) is 12.8. The van der Waals surface area contributed by atoms with Gasteiger partial charge >= 0.3 is 0 Å². The summed E-state index contributed by atoms with van der Waals surface area (Å²) in [6.45, 7) is 1.12. The maximum absolute atomic E-state index is 8.36. The molecule has 3 aromatic rings. The molecule has 156 valence electrons. The average molecular weight is 411 g/mol. The Hall–Kier alpha value is -3.74. The van der Waals surface area contributed by atoms with E-state index in [1.165, 1.54) is 0 Å². The summed E-state index contributed by atoms with van der Waals surface area (Å²) in [7, 11) is 0. The predicted octanol–water partition coefficient (Wildman–Crippen LogP) is 4.00. The monoisotopic (exact) mass is 410 g/mol. The molecule has 2 aromatic carbocycles. The number of fused-ring (bicyclic) bond motifs is 1. The van der Waals surface area contributed by atoms with E-state index in [1.54, 1.807) is 6.20 Å². The van der Waals surface area contributed by atoms with Gasteiger partial charge in [-0.3, -0.25) is 11.3 Å². The summed E-state index contributed by atoms with van der Waals surface area (Å²) in [6, 6.07) is 20.7. The number of rotatable bonds is 6. The number of hydrogen-bond donors (Lipinski definition) is 4. The Morgan fingerprint density at radius 2 is 1.87 bits per heavy atom. The van der Waals surface area contributed by atoms with Crippen molar-refractivity contribution in [3.8, 4) is 22.4 Å². The average Bonchev–Trinajstić information content (AvgIpc) is 2.83. The van der Waals surface area contributed by atoms with E-state index >= 15 is 0 Å². The first-order chi connectivity index (χ1) is 15.2. The minimum atomic E-state index is 0.494. The molecule has 0 radical (unpaired) electrons. The van der Waals surface area contributed by atoms with Crippen molar-refractivity contribution in [3.05, 3.63) is 96.0 Å². The minimum Gasteiger partial charge on any atom is -0.332 e. The van der Waals surface area contributed by atoms with Crippen molar-refractivity contribution >= 4 is 11.9 Å². The lowest BCUT2D eigenvalue weighted by Gasteiger charge is -2.26. The van der Waals surface area contributed by atoms with Gasteiger partial charge in [0, 0.05) is 36.5 Å². The molecule has 31 heavy (non-hydrogen) atoms. The number of nitrogens with one attached hydrogen (secondary N) is 2. The van der Waals surface area contributed by atoms with Crippen molar-refractivity contribution in [3.63, 3.8) is 0 Å². The first-order valence-electron chi connectivity index (χ1n) is 10.2. The summed E-state index contributed by atoms with van der Waals surface area (Å²) >= 11 is 0. The van der Waals surface area contributed by atoms with E-state index in [0.29, 0.717) is 25.3 Å². The second-order valence-electron chi connectivity index (χ2n) is 7.36. The fraction of sp³-hybridized carbons (Fsp3) is 0.120. The highest BCUT2D eigenvalue weighted by atomic mass is 15.2.